The van der Waals surface area contributed by atoms with Crippen molar-refractivity contribution in [2.45, 2.75) is 13.8 Å². The minimum Gasteiger partial charge on any atom is -0.495 e. The first kappa shape index (κ1) is 17.8. The average Bonchev–Trinajstić information content (AvgIpc) is 2.94. The minimum absolute atomic E-state index is 0.0253. The molecule has 1 saturated heterocycles. The first-order valence-electron chi connectivity index (χ1n) is 8.55. The molecule has 1 heterocycles. The highest BCUT2D eigenvalue weighted by Crippen LogP contribution is 2.30. The number of hydrogen-bond donors (Lipinski definition) is 1. The molecule has 3 amide bonds. The summed E-state index contributed by atoms with van der Waals surface area (Å²) in [5, 5.41) is 2.87. The van der Waals surface area contributed by atoms with Crippen molar-refractivity contribution in [2.75, 3.05) is 37.0 Å². The van der Waals surface area contributed by atoms with Crippen molar-refractivity contribution in [1.82, 2.24) is 4.90 Å². The van der Waals surface area contributed by atoms with Crippen LogP contribution in [0.5, 0.6) is 5.75 Å². The Morgan fingerprint density at radius 1 is 1.12 bits per heavy atom. The van der Waals surface area contributed by atoms with Gasteiger partial charge < -0.3 is 15.0 Å². The maximum absolute atomic E-state index is 12.7. The Kier molecular flexibility index (Phi) is 5.11. The Labute approximate surface area is 153 Å². The number of carbonyl (C=O) groups excluding carboxylic acids is 2. The largest absolute Gasteiger partial charge is 0.495 e. The highest BCUT2D eigenvalue weighted by molar-refractivity contribution is 6.00. The highest BCUT2D eigenvalue weighted by atomic mass is 16.5. The van der Waals surface area contributed by atoms with E-state index in [9.17, 15) is 9.59 Å². The van der Waals surface area contributed by atoms with Gasteiger partial charge in [-0.3, -0.25) is 9.69 Å². The number of carbonyl (C=O) groups is 2. The summed E-state index contributed by atoms with van der Waals surface area (Å²) in [7, 11) is 1.58. The molecule has 1 aliphatic heterocycles. The first-order chi connectivity index (χ1) is 12.5. The number of para-hydroxylation sites is 2. The molecule has 6 heteroatoms. The summed E-state index contributed by atoms with van der Waals surface area (Å²) in [6.45, 7) is 5.01. The fourth-order valence-corrected chi connectivity index (χ4v) is 3.23. The fraction of sp³-hybridized carbons (Fsp3) is 0.300. The molecule has 1 fully saturated rings. The lowest BCUT2D eigenvalue weighted by Crippen LogP contribution is -2.37. The molecule has 3 rings (SSSR count). The van der Waals surface area contributed by atoms with Gasteiger partial charge in [-0.2, -0.15) is 0 Å². The van der Waals surface area contributed by atoms with Gasteiger partial charge in [0.25, 0.3) is 0 Å². The van der Waals surface area contributed by atoms with Crippen LogP contribution in [-0.4, -0.2) is 43.6 Å². The fourth-order valence-electron chi connectivity index (χ4n) is 3.23. The van der Waals surface area contributed by atoms with E-state index in [4.69, 9.17) is 4.74 Å². The molecule has 1 aliphatic rings. The number of rotatable bonds is 5. The van der Waals surface area contributed by atoms with Crippen LogP contribution >= 0.6 is 0 Å². The quantitative estimate of drug-likeness (QED) is 0.898. The molecule has 0 aromatic heterocycles. The van der Waals surface area contributed by atoms with Crippen molar-refractivity contribution in [3.63, 3.8) is 0 Å². The Bertz CT molecular complexity index is 815. The zero-order valence-electron chi connectivity index (χ0n) is 15.3. The summed E-state index contributed by atoms with van der Waals surface area (Å²) in [5.41, 5.74) is 3.64. The number of aryl methyl sites for hydroxylation is 2. The van der Waals surface area contributed by atoms with Crippen LogP contribution < -0.4 is 15.0 Å². The second-order valence-electron chi connectivity index (χ2n) is 6.45. The van der Waals surface area contributed by atoms with E-state index in [0.29, 0.717) is 18.8 Å². The van der Waals surface area contributed by atoms with E-state index in [0.717, 1.165) is 22.5 Å². The molecular formula is C20H23N3O3. The van der Waals surface area contributed by atoms with E-state index in [1.807, 2.05) is 56.3 Å². The molecule has 0 bridgehead atoms. The van der Waals surface area contributed by atoms with Crippen molar-refractivity contribution in [3.05, 3.63) is 53.6 Å². The number of nitrogens with zero attached hydrogens (tertiary/aromatic N) is 2. The predicted octanol–water partition coefficient (Wildman–Crippen LogP) is 3.19. The molecule has 2 aromatic rings. The topological polar surface area (TPSA) is 61.9 Å². The van der Waals surface area contributed by atoms with E-state index >= 15 is 0 Å². The minimum atomic E-state index is -0.203. The van der Waals surface area contributed by atoms with Crippen LogP contribution in [0.25, 0.3) is 0 Å². The summed E-state index contributed by atoms with van der Waals surface area (Å²) in [4.78, 5) is 28.2. The number of urea groups is 1. The molecule has 6 nitrogen and oxygen atoms in total. The third kappa shape index (κ3) is 3.79. The summed E-state index contributed by atoms with van der Waals surface area (Å²) in [5.74, 6) is 0.438. The number of benzene rings is 2. The SMILES string of the molecule is COc1ccccc1N1CCN(CC(=O)Nc2cc(C)cc(C)c2)C1=O. The zero-order chi connectivity index (χ0) is 18.7. The normalized spacial score (nSPS) is 13.9. The van der Waals surface area contributed by atoms with Crippen LogP contribution in [0, 0.1) is 13.8 Å². The van der Waals surface area contributed by atoms with E-state index < -0.39 is 0 Å². The van der Waals surface area contributed by atoms with Gasteiger partial charge in [-0.05, 0) is 49.2 Å². The van der Waals surface area contributed by atoms with Crippen molar-refractivity contribution in [3.8, 4) is 5.75 Å². The molecule has 0 radical (unpaired) electrons. The Balaban J connectivity index is 1.66. The predicted molar refractivity (Wildman–Crippen MR) is 102 cm³/mol. The summed E-state index contributed by atoms with van der Waals surface area (Å²) in [6, 6.07) is 13.1. The van der Waals surface area contributed by atoms with Crippen LogP contribution in [0.4, 0.5) is 16.2 Å². The molecule has 0 atom stereocenters. The van der Waals surface area contributed by atoms with Gasteiger partial charge in [0.15, 0.2) is 0 Å². The Morgan fingerprint density at radius 3 is 2.50 bits per heavy atom. The van der Waals surface area contributed by atoms with Gasteiger partial charge in [-0.15, -0.1) is 0 Å². The lowest BCUT2D eigenvalue weighted by Gasteiger charge is -2.20. The third-order valence-corrected chi connectivity index (χ3v) is 4.31. The van der Waals surface area contributed by atoms with Gasteiger partial charge in [0.05, 0.1) is 12.8 Å². The standard InChI is InChI=1S/C20H23N3O3/c1-14-10-15(2)12-16(11-14)21-19(24)13-22-8-9-23(20(22)25)17-6-4-5-7-18(17)26-3/h4-7,10-12H,8-9,13H2,1-3H3,(H,21,24). The zero-order valence-corrected chi connectivity index (χ0v) is 15.3. The van der Waals surface area contributed by atoms with Crippen molar-refractivity contribution < 1.29 is 14.3 Å². The molecule has 0 saturated carbocycles. The molecule has 1 N–H and O–H groups in total. The van der Waals surface area contributed by atoms with E-state index in [1.165, 1.54) is 0 Å². The number of nitrogens with one attached hydrogen (secondary N) is 1. The number of methoxy groups -OCH3 is 1. The molecule has 0 aliphatic carbocycles. The summed E-state index contributed by atoms with van der Waals surface area (Å²) in [6.07, 6.45) is 0. The molecule has 136 valence electrons. The monoisotopic (exact) mass is 353 g/mol. The van der Waals surface area contributed by atoms with Gasteiger partial charge in [-0.1, -0.05) is 18.2 Å². The Morgan fingerprint density at radius 2 is 1.81 bits per heavy atom. The van der Waals surface area contributed by atoms with Crippen molar-refractivity contribution >= 4 is 23.3 Å². The molecule has 0 unspecified atom stereocenters. The van der Waals surface area contributed by atoms with Crippen LogP contribution in [-0.2, 0) is 4.79 Å². The number of amides is 3. The summed E-state index contributed by atoms with van der Waals surface area (Å²) < 4.78 is 5.33. The van der Waals surface area contributed by atoms with Crippen molar-refractivity contribution in [2.24, 2.45) is 0 Å². The van der Waals surface area contributed by atoms with Gasteiger partial charge in [0.1, 0.15) is 12.3 Å². The first-order valence-corrected chi connectivity index (χ1v) is 8.55. The molecule has 2 aromatic carbocycles. The van der Waals surface area contributed by atoms with Crippen LogP contribution in [0.2, 0.25) is 0 Å². The number of anilines is 2. The maximum Gasteiger partial charge on any atom is 0.325 e. The second kappa shape index (κ2) is 7.47. The van der Waals surface area contributed by atoms with Gasteiger partial charge in [-0.25, -0.2) is 4.79 Å². The molecule has 26 heavy (non-hydrogen) atoms. The average molecular weight is 353 g/mol. The Hall–Kier alpha value is -3.02. The molecular weight excluding hydrogens is 330 g/mol. The highest BCUT2D eigenvalue weighted by Gasteiger charge is 2.32. The summed E-state index contributed by atoms with van der Waals surface area (Å²) >= 11 is 0. The maximum atomic E-state index is 12.7. The van der Waals surface area contributed by atoms with E-state index in [1.54, 1.807) is 16.9 Å². The van der Waals surface area contributed by atoms with E-state index in [2.05, 4.69) is 5.32 Å². The number of hydrogen-bond acceptors (Lipinski definition) is 3. The smallest absolute Gasteiger partial charge is 0.325 e. The lowest BCUT2D eigenvalue weighted by atomic mass is 10.1. The van der Waals surface area contributed by atoms with Gasteiger partial charge >= 0.3 is 6.03 Å². The molecule has 0 spiro atoms. The van der Waals surface area contributed by atoms with Gasteiger partial charge in [0.2, 0.25) is 5.91 Å². The third-order valence-electron chi connectivity index (χ3n) is 4.31. The van der Waals surface area contributed by atoms with E-state index in [-0.39, 0.29) is 18.5 Å². The number of ether oxygens (including phenoxy) is 1. The van der Waals surface area contributed by atoms with Gasteiger partial charge in [0, 0.05) is 18.8 Å². The lowest BCUT2D eigenvalue weighted by molar-refractivity contribution is -0.116. The van der Waals surface area contributed by atoms with Crippen LogP contribution in [0.3, 0.4) is 0 Å². The second-order valence-corrected chi connectivity index (χ2v) is 6.45. The van der Waals surface area contributed by atoms with Crippen LogP contribution in [0.15, 0.2) is 42.5 Å². The van der Waals surface area contributed by atoms with Crippen LogP contribution in [0.1, 0.15) is 11.1 Å². The van der Waals surface area contributed by atoms with Crippen molar-refractivity contribution in [1.29, 1.82) is 0 Å².